The van der Waals surface area contributed by atoms with Crippen LogP contribution >= 0.6 is 0 Å². The van der Waals surface area contributed by atoms with Crippen LogP contribution in [0.2, 0.25) is 0 Å². The fourth-order valence-electron chi connectivity index (χ4n) is 2.18. The van der Waals surface area contributed by atoms with Gasteiger partial charge >= 0.3 is 5.97 Å². The Hall–Kier alpha value is -1.59. The summed E-state index contributed by atoms with van der Waals surface area (Å²) in [5.74, 6) is -2.56. The molecule has 0 radical (unpaired) electrons. The van der Waals surface area contributed by atoms with Gasteiger partial charge in [0.25, 0.3) is 0 Å². The quantitative estimate of drug-likeness (QED) is 0.515. The van der Waals surface area contributed by atoms with Crippen LogP contribution in [0, 0.1) is 17.8 Å². The van der Waals surface area contributed by atoms with Crippen LogP contribution in [0.3, 0.4) is 0 Å². The van der Waals surface area contributed by atoms with E-state index in [9.17, 15) is 14.4 Å². The Balaban J connectivity index is 2.41. The molecule has 1 heterocycles. The summed E-state index contributed by atoms with van der Waals surface area (Å²) in [6.07, 6.45) is 1.65. The number of rotatable bonds is 6. The van der Waals surface area contributed by atoms with Crippen LogP contribution in [-0.4, -0.2) is 47.9 Å². The van der Waals surface area contributed by atoms with Gasteiger partial charge in [-0.2, -0.15) is 0 Å². The predicted octanol–water partition coefficient (Wildman–Crippen LogP) is -0.0623. The first-order valence-electron chi connectivity index (χ1n) is 6.15. The Labute approximate surface area is 106 Å². The lowest BCUT2D eigenvalue weighted by Crippen LogP contribution is -2.40. The summed E-state index contributed by atoms with van der Waals surface area (Å²) in [7, 11) is 0. The Morgan fingerprint density at radius 2 is 2.17 bits per heavy atom. The number of hydrogen-bond donors (Lipinski definition) is 2. The van der Waals surface area contributed by atoms with Crippen LogP contribution < -0.4 is 5.32 Å². The first-order chi connectivity index (χ1) is 8.45. The van der Waals surface area contributed by atoms with E-state index in [4.69, 9.17) is 5.11 Å². The third kappa shape index (κ3) is 3.72. The minimum Gasteiger partial charge on any atom is -0.481 e. The van der Waals surface area contributed by atoms with Crippen LogP contribution in [0.25, 0.3) is 0 Å². The van der Waals surface area contributed by atoms with E-state index in [1.807, 2.05) is 0 Å². The molecular weight excluding hydrogens is 236 g/mol. The number of aliphatic carboxylic acids is 1. The molecule has 1 fully saturated rings. The molecule has 2 N–H and O–H groups in total. The first kappa shape index (κ1) is 14.5. The first-order valence-corrected chi connectivity index (χ1v) is 6.15. The van der Waals surface area contributed by atoms with Crippen LogP contribution in [-0.2, 0) is 14.4 Å². The molecule has 0 aromatic heterocycles. The van der Waals surface area contributed by atoms with E-state index < -0.39 is 17.8 Å². The van der Waals surface area contributed by atoms with Crippen molar-refractivity contribution in [3.05, 3.63) is 0 Å². The Bertz CT molecular complexity index is 330. The second kappa shape index (κ2) is 6.37. The Kier molecular flexibility index (Phi) is 5.12. The number of hydrogen-bond acceptors (Lipinski definition) is 3. The van der Waals surface area contributed by atoms with Crippen molar-refractivity contribution >= 4 is 18.3 Å². The second-order valence-electron chi connectivity index (χ2n) is 5.06. The average Bonchev–Trinajstić information content (AvgIpc) is 2.73. The zero-order valence-corrected chi connectivity index (χ0v) is 10.8. The van der Waals surface area contributed by atoms with Crippen molar-refractivity contribution in [3.8, 4) is 0 Å². The molecule has 2 atom stereocenters. The lowest BCUT2D eigenvalue weighted by molar-refractivity contribution is -0.148. The van der Waals surface area contributed by atoms with Crippen molar-refractivity contribution in [1.29, 1.82) is 0 Å². The molecule has 0 saturated carbocycles. The maximum Gasteiger partial charge on any atom is 0.316 e. The Morgan fingerprint density at radius 1 is 1.50 bits per heavy atom. The zero-order chi connectivity index (χ0) is 13.7. The zero-order valence-electron chi connectivity index (χ0n) is 10.8. The molecule has 6 nitrogen and oxygen atoms in total. The second-order valence-corrected chi connectivity index (χ2v) is 5.06. The molecule has 0 spiro atoms. The molecule has 1 saturated heterocycles. The molecule has 18 heavy (non-hydrogen) atoms. The fourth-order valence-corrected chi connectivity index (χ4v) is 2.18. The number of nitrogens with zero attached hydrogens (tertiary/aromatic N) is 1. The summed E-state index contributed by atoms with van der Waals surface area (Å²) >= 11 is 0. The molecule has 6 heteroatoms. The van der Waals surface area contributed by atoms with Gasteiger partial charge in [0.1, 0.15) is 5.92 Å². The number of carboxylic acid groups (broad SMARTS) is 1. The summed E-state index contributed by atoms with van der Waals surface area (Å²) in [4.78, 5) is 34.9. The molecule has 102 valence electrons. The number of carbonyl (C=O) groups is 3. The summed E-state index contributed by atoms with van der Waals surface area (Å²) < 4.78 is 0. The van der Waals surface area contributed by atoms with Crippen molar-refractivity contribution in [2.75, 3.05) is 19.6 Å². The Morgan fingerprint density at radius 3 is 2.61 bits per heavy atom. The maximum absolute atomic E-state index is 11.8. The SMILES string of the molecule is CC(C)[C@H](C(=O)O)C(=O)NC[C@@H]1CCN(C=O)C1. The van der Waals surface area contributed by atoms with Crippen LogP contribution in [0.5, 0.6) is 0 Å². The van der Waals surface area contributed by atoms with Crippen molar-refractivity contribution in [1.82, 2.24) is 10.2 Å². The highest BCUT2D eigenvalue weighted by atomic mass is 16.4. The monoisotopic (exact) mass is 256 g/mol. The number of likely N-dealkylation sites (tertiary alicyclic amines) is 1. The van der Waals surface area contributed by atoms with Crippen LogP contribution in [0.15, 0.2) is 0 Å². The van der Waals surface area contributed by atoms with Gasteiger partial charge in [-0.05, 0) is 18.3 Å². The van der Waals surface area contributed by atoms with E-state index >= 15 is 0 Å². The van der Waals surface area contributed by atoms with Gasteiger partial charge in [0, 0.05) is 19.6 Å². The van der Waals surface area contributed by atoms with Gasteiger partial charge < -0.3 is 15.3 Å². The third-order valence-corrected chi connectivity index (χ3v) is 3.25. The molecule has 1 aliphatic heterocycles. The number of carbonyl (C=O) groups excluding carboxylic acids is 2. The van der Waals surface area contributed by atoms with Gasteiger partial charge in [0.15, 0.2) is 0 Å². The molecule has 0 aliphatic carbocycles. The van der Waals surface area contributed by atoms with Crippen molar-refractivity contribution in [2.45, 2.75) is 20.3 Å². The number of carboxylic acids is 1. The van der Waals surface area contributed by atoms with Gasteiger partial charge in [0.05, 0.1) is 0 Å². The third-order valence-electron chi connectivity index (χ3n) is 3.25. The minimum absolute atomic E-state index is 0.223. The summed E-state index contributed by atoms with van der Waals surface area (Å²) in [5, 5.41) is 11.6. The fraction of sp³-hybridized carbons (Fsp3) is 0.750. The molecule has 0 aromatic carbocycles. The average molecular weight is 256 g/mol. The van der Waals surface area contributed by atoms with E-state index in [2.05, 4.69) is 5.32 Å². The standard InChI is InChI=1S/C12H20N2O4/c1-8(2)10(12(17)18)11(16)13-5-9-3-4-14(6-9)7-15/h7-10H,3-6H2,1-2H3,(H,13,16)(H,17,18)/t9-,10-/m0/s1. The minimum atomic E-state index is -1.09. The smallest absolute Gasteiger partial charge is 0.316 e. The van der Waals surface area contributed by atoms with Crippen molar-refractivity contribution in [2.24, 2.45) is 17.8 Å². The highest BCUT2D eigenvalue weighted by molar-refractivity contribution is 5.97. The largest absolute Gasteiger partial charge is 0.481 e. The summed E-state index contributed by atoms with van der Waals surface area (Å²) in [5.41, 5.74) is 0. The molecular formula is C12H20N2O4. The van der Waals surface area contributed by atoms with Gasteiger partial charge in [-0.15, -0.1) is 0 Å². The van der Waals surface area contributed by atoms with E-state index in [-0.39, 0.29) is 11.8 Å². The van der Waals surface area contributed by atoms with Gasteiger partial charge in [0.2, 0.25) is 12.3 Å². The predicted molar refractivity (Wildman–Crippen MR) is 64.7 cm³/mol. The van der Waals surface area contributed by atoms with E-state index in [1.54, 1.807) is 18.7 Å². The highest BCUT2D eigenvalue weighted by Crippen LogP contribution is 2.15. The molecule has 2 amide bonds. The highest BCUT2D eigenvalue weighted by Gasteiger charge is 2.30. The number of amides is 2. The van der Waals surface area contributed by atoms with Gasteiger partial charge in [-0.3, -0.25) is 14.4 Å². The molecule has 0 unspecified atom stereocenters. The molecule has 0 bridgehead atoms. The van der Waals surface area contributed by atoms with Crippen LogP contribution in [0.1, 0.15) is 20.3 Å². The molecule has 0 aromatic rings. The summed E-state index contributed by atoms with van der Waals surface area (Å²) in [6.45, 7) is 5.18. The van der Waals surface area contributed by atoms with E-state index in [0.717, 1.165) is 12.8 Å². The lowest BCUT2D eigenvalue weighted by Gasteiger charge is -2.17. The van der Waals surface area contributed by atoms with Gasteiger partial charge in [-0.1, -0.05) is 13.8 Å². The van der Waals surface area contributed by atoms with Crippen LogP contribution in [0.4, 0.5) is 0 Å². The topological polar surface area (TPSA) is 86.7 Å². The van der Waals surface area contributed by atoms with E-state index in [1.165, 1.54) is 0 Å². The van der Waals surface area contributed by atoms with Crippen molar-refractivity contribution < 1.29 is 19.5 Å². The normalized spacial score (nSPS) is 20.8. The van der Waals surface area contributed by atoms with E-state index in [0.29, 0.717) is 19.6 Å². The molecule has 1 aliphatic rings. The number of nitrogens with one attached hydrogen (secondary N) is 1. The van der Waals surface area contributed by atoms with Gasteiger partial charge in [-0.25, -0.2) is 0 Å². The maximum atomic E-state index is 11.8. The molecule has 1 rings (SSSR count). The lowest BCUT2D eigenvalue weighted by atomic mass is 9.95. The van der Waals surface area contributed by atoms with Crippen molar-refractivity contribution in [3.63, 3.8) is 0 Å². The summed E-state index contributed by atoms with van der Waals surface area (Å²) in [6, 6.07) is 0.